The lowest BCUT2D eigenvalue weighted by Crippen LogP contribution is -2.53. The maximum absolute atomic E-state index is 12.2. The Kier molecular flexibility index (Phi) is 5.46. The summed E-state index contributed by atoms with van der Waals surface area (Å²) in [7, 11) is 0. The molecule has 0 spiro atoms. The Labute approximate surface area is 129 Å². The molecule has 1 atom stereocenters. The third kappa shape index (κ3) is 5.69. The fourth-order valence-corrected chi connectivity index (χ4v) is 2.38. The molecule has 2 amide bonds. The number of nitrogens with one attached hydrogen (secondary N) is 1. The molecule has 1 fully saturated rings. The molecule has 6 heteroatoms. The van der Waals surface area contributed by atoms with E-state index >= 15 is 0 Å². The van der Waals surface area contributed by atoms with Crippen molar-refractivity contribution in [2.24, 2.45) is 0 Å². The number of ether oxygens (including phenoxy) is 1. The lowest BCUT2D eigenvalue weighted by Gasteiger charge is -2.36. The first-order valence-corrected chi connectivity index (χ1v) is 7.76. The van der Waals surface area contributed by atoms with Crippen LogP contribution in [0.25, 0.3) is 0 Å². The molecular weight excluding hydrogens is 324 g/mol. The van der Waals surface area contributed by atoms with Crippen LogP contribution in [0.4, 0.5) is 4.79 Å². The van der Waals surface area contributed by atoms with Crippen LogP contribution in [-0.2, 0) is 9.53 Å². The summed E-state index contributed by atoms with van der Waals surface area (Å²) < 4.78 is 4.67. The van der Waals surface area contributed by atoms with Crippen molar-refractivity contribution in [1.29, 1.82) is 0 Å². The molecule has 0 aromatic carbocycles. The quantitative estimate of drug-likeness (QED) is 0.780. The number of hydrogen-bond donors (Lipinski definition) is 1. The minimum atomic E-state index is -0.569. The molecule has 0 aliphatic carbocycles. The molecular formula is C14H25BrN2O3. The van der Waals surface area contributed by atoms with Gasteiger partial charge in [0.15, 0.2) is 0 Å². The van der Waals surface area contributed by atoms with Gasteiger partial charge in [-0.3, -0.25) is 4.79 Å². The van der Waals surface area contributed by atoms with Gasteiger partial charge in [0.25, 0.3) is 0 Å². The number of nitrogens with zero attached hydrogens (tertiary/aromatic N) is 1. The number of alkyl carbamates (subject to hydrolysis) is 1. The van der Waals surface area contributed by atoms with Gasteiger partial charge >= 0.3 is 6.09 Å². The molecule has 0 aromatic rings. The van der Waals surface area contributed by atoms with Gasteiger partial charge in [0, 0.05) is 19.1 Å². The van der Waals surface area contributed by atoms with Crippen LogP contribution in [0, 0.1) is 0 Å². The molecule has 1 heterocycles. The monoisotopic (exact) mass is 348 g/mol. The lowest BCUT2D eigenvalue weighted by atomic mass is 10.0. The molecule has 5 nitrogen and oxygen atoms in total. The normalized spacial score (nSPS) is 20.5. The second-order valence-corrected chi connectivity index (χ2v) is 8.69. The Hall–Kier alpha value is -0.780. The van der Waals surface area contributed by atoms with Crippen molar-refractivity contribution in [2.45, 2.75) is 63.4 Å². The summed E-state index contributed by atoms with van der Waals surface area (Å²) in [6, 6.07) is -0.0441. The number of carbonyl (C=O) groups excluding carboxylic acids is 2. The van der Waals surface area contributed by atoms with E-state index in [-0.39, 0.29) is 11.9 Å². The molecule has 0 radical (unpaired) electrons. The number of piperidine rings is 1. The van der Waals surface area contributed by atoms with Gasteiger partial charge in [0.2, 0.25) is 5.91 Å². The average Bonchev–Trinajstić information content (AvgIpc) is 2.24. The summed E-state index contributed by atoms with van der Waals surface area (Å²) >= 11 is 3.39. The second kappa shape index (κ2) is 6.33. The highest BCUT2D eigenvalue weighted by Gasteiger charge is 2.33. The second-order valence-electron chi connectivity index (χ2n) is 6.71. The summed E-state index contributed by atoms with van der Waals surface area (Å²) in [6.07, 6.45) is 1.33. The Bertz CT molecular complexity index is 372. The highest BCUT2D eigenvalue weighted by Crippen LogP contribution is 2.22. The van der Waals surface area contributed by atoms with E-state index in [2.05, 4.69) is 21.2 Å². The largest absolute Gasteiger partial charge is 0.444 e. The minimum Gasteiger partial charge on any atom is -0.444 e. The number of halogens is 1. The maximum atomic E-state index is 12.2. The molecule has 0 aromatic heterocycles. The predicted molar refractivity (Wildman–Crippen MR) is 82.0 cm³/mol. The Morgan fingerprint density at radius 2 is 1.85 bits per heavy atom. The summed E-state index contributed by atoms with van der Waals surface area (Å²) in [6.45, 7) is 10.4. The van der Waals surface area contributed by atoms with Crippen molar-refractivity contribution in [3.05, 3.63) is 0 Å². The molecule has 1 aliphatic rings. The van der Waals surface area contributed by atoms with Gasteiger partial charge in [0.05, 0.1) is 4.32 Å². The zero-order valence-electron chi connectivity index (χ0n) is 13.0. The maximum Gasteiger partial charge on any atom is 0.407 e. The SMILES string of the molecule is CC(C)(C)OC(=O)N[C@H]1CCCN(C(=O)C(C)(C)Br)C1. The van der Waals surface area contributed by atoms with Gasteiger partial charge in [-0.15, -0.1) is 0 Å². The predicted octanol–water partition coefficient (Wildman–Crippen LogP) is 2.68. The standard InChI is InChI=1S/C14H25BrN2O3/c1-13(2,3)20-12(19)16-10-7-6-8-17(9-10)11(18)14(4,5)15/h10H,6-9H2,1-5H3,(H,16,19)/t10-/m0/s1. The van der Waals surface area contributed by atoms with E-state index in [1.165, 1.54) is 0 Å². The third-order valence-electron chi connectivity index (χ3n) is 2.94. The summed E-state index contributed by atoms with van der Waals surface area (Å²) in [4.78, 5) is 25.8. The van der Waals surface area contributed by atoms with Crippen LogP contribution in [0.1, 0.15) is 47.5 Å². The average molecular weight is 349 g/mol. The van der Waals surface area contributed by atoms with Gasteiger partial charge in [-0.2, -0.15) is 0 Å². The molecule has 20 heavy (non-hydrogen) atoms. The fourth-order valence-electron chi connectivity index (χ4n) is 2.13. The van der Waals surface area contributed by atoms with Crippen LogP contribution in [0.2, 0.25) is 0 Å². The topological polar surface area (TPSA) is 58.6 Å². The van der Waals surface area contributed by atoms with Gasteiger partial charge in [-0.1, -0.05) is 15.9 Å². The van der Waals surface area contributed by atoms with Crippen LogP contribution < -0.4 is 5.32 Å². The molecule has 1 saturated heterocycles. The van der Waals surface area contributed by atoms with E-state index in [0.717, 1.165) is 19.4 Å². The summed E-state index contributed by atoms with van der Waals surface area (Å²) in [5.41, 5.74) is -0.508. The van der Waals surface area contributed by atoms with Crippen LogP contribution in [0.5, 0.6) is 0 Å². The number of carbonyl (C=O) groups is 2. The molecule has 116 valence electrons. The van der Waals surface area contributed by atoms with Gasteiger partial charge in [0.1, 0.15) is 5.60 Å². The Balaban J connectivity index is 2.53. The first kappa shape index (κ1) is 17.3. The van der Waals surface area contributed by atoms with Gasteiger partial charge in [-0.25, -0.2) is 4.79 Å². The fraction of sp³-hybridized carbons (Fsp3) is 0.857. The molecule has 1 rings (SSSR count). The van der Waals surface area contributed by atoms with Gasteiger partial charge in [-0.05, 0) is 47.5 Å². The van der Waals surface area contributed by atoms with Gasteiger partial charge < -0.3 is 15.0 Å². The summed E-state index contributed by atoms with van der Waals surface area (Å²) in [5.74, 6) is 0.0492. The van der Waals surface area contributed by atoms with E-state index in [0.29, 0.717) is 6.54 Å². The van der Waals surface area contributed by atoms with E-state index < -0.39 is 16.0 Å². The number of amides is 2. The Morgan fingerprint density at radius 3 is 2.35 bits per heavy atom. The van der Waals surface area contributed by atoms with Crippen LogP contribution >= 0.6 is 15.9 Å². The number of rotatable bonds is 2. The van der Waals surface area contributed by atoms with Crippen molar-refractivity contribution in [2.75, 3.05) is 13.1 Å². The summed E-state index contributed by atoms with van der Waals surface area (Å²) in [5, 5.41) is 2.84. The Morgan fingerprint density at radius 1 is 1.25 bits per heavy atom. The zero-order chi connectivity index (χ0) is 15.6. The van der Waals surface area contributed by atoms with Crippen molar-refractivity contribution >= 4 is 27.9 Å². The van der Waals surface area contributed by atoms with E-state index in [1.54, 1.807) is 4.90 Å². The molecule has 1 N–H and O–H groups in total. The van der Waals surface area contributed by atoms with E-state index in [4.69, 9.17) is 4.74 Å². The van der Waals surface area contributed by atoms with Crippen LogP contribution in [0.3, 0.4) is 0 Å². The van der Waals surface area contributed by atoms with Crippen molar-refractivity contribution in [1.82, 2.24) is 10.2 Å². The molecule has 0 saturated carbocycles. The first-order chi connectivity index (χ1) is 8.99. The molecule has 0 bridgehead atoms. The van der Waals surface area contributed by atoms with Crippen molar-refractivity contribution in [3.63, 3.8) is 0 Å². The first-order valence-electron chi connectivity index (χ1n) is 6.97. The number of likely N-dealkylation sites (tertiary alicyclic amines) is 1. The zero-order valence-corrected chi connectivity index (χ0v) is 14.5. The minimum absolute atomic E-state index is 0.0441. The van der Waals surface area contributed by atoms with Crippen molar-refractivity contribution < 1.29 is 14.3 Å². The van der Waals surface area contributed by atoms with Crippen molar-refractivity contribution in [3.8, 4) is 0 Å². The van der Waals surface area contributed by atoms with E-state index in [9.17, 15) is 9.59 Å². The van der Waals surface area contributed by atoms with Crippen LogP contribution in [0.15, 0.2) is 0 Å². The highest BCUT2D eigenvalue weighted by atomic mass is 79.9. The lowest BCUT2D eigenvalue weighted by molar-refractivity contribution is -0.134. The van der Waals surface area contributed by atoms with E-state index in [1.807, 2.05) is 34.6 Å². The third-order valence-corrected chi connectivity index (χ3v) is 3.28. The highest BCUT2D eigenvalue weighted by molar-refractivity contribution is 9.10. The number of alkyl halides is 1. The number of hydrogen-bond acceptors (Lipinski definition) is 3. The van der Waals surface area contributed by atoms with Crippen LogP contribution in [-0.4, -0.2) is 46.0 Å². The molecule has 1 aliphatic heterocycles. The smallest absolute Gasteiger partial charge is 0.407 e. The molecule has 0 unspecified atom stereocenters.